The lowest BCUT2D eigenvalue weighted by atomic mass is 9.79. The number of halogens is 1. The molecule has 4 rings (SSSR count). The molecule has 1 saturated heterocycles. The number of anilines is 1. The van der Waals surface area contributed by atoms with Crippen LogP contribution in [-0.2, 0) is 0 Å². The van der Waals surface area contributed by atoms with Gasteiger partial charge < -0.3 is 9.64 Å². The van der Waals surface area contributed by atoms with Gasteiger partial charge in [-0.2, -0.15) is 0 Å². The molecular formula is C24H32IN5OS2. The molecule has 1 aromatic carbocycles. The lowest BCUT2D eigenvalue weighted by Crippen LogP contribution is -2.59. The fraction of sp³-hybridized carbons (Fsp3) is 0.542. The van der Waals surface area contributed by atoms with Crippen LogP contribution in [0.4, 0.5) is 5.13 Å². The SMILES string of the molecule is COc1cc(-c2sc(C)nc2C)ccc1-c1nnc(N(C)C2CC(C)(C)N(I)C(C)(C)C2)s1. The van der Waals surface area contributed by atoms with Crippen LogP contribution in [0.5, 0.6) is 5.75 Å². The van der Waals surface area contributed by atoms with Crippen molar-refractivity contribution in [2.75, 3.05) is 19.1 Å². The number of thiazole rings is 1. The van der Waals surface area contributed by atoms with E-state index in [-0.39, 0.29) is 11.1 Å². The number of methoxy groups -OCH3 is 1. The van der Waals surface area contributed by atoms with Crippen molar-refractivity contribution in [3.8, 4) is 26.8 Å². The number of rotatable bonds is 5. The Kier molecular flexibility index (Phi) is 6.81. The number of piperidine rings is 1. The van der Waals surface area contributed by atoms with E-state index < -0.39 is 0 Å². The maximum atomic E-state index is 5.76. The van der Waals surface area contributed by atoms with Crippen molar-refractivity contribution in [3.63, 3.8) is 0 Å². The normalized spacial score (nSPS) is 18.5. The van der Waals surface area contributed by atoms with E-state index in [1.54, 1.807) is 29.8 Å². The number of ether oxygens (including phenoxy) is 1. The first-order chi connectivity index (χ1) is 15.4. The molecular weight excluding hydrogens is 565 g/mol. The zero-order chi connectivity index (χ0) is 24.1. The minimum absolute atomic E-state index is 0.112. The third-order valence-corrected chi connectivity index (χ3v) is 11.2. The van der Waals surface area contributed by atoms with Gasteiger partial charge in [0.2, 0.25) is 5.13 Å². The van der Waals surface area contributed by atoms with Gasteiger partial charge >= 0.3 is 0 Å². The summed E-state index contributed by atoms with van der Waals surface area (Å²) >= 11 is 5.83. The van der Waals surface area contributed by atoms with E-state index in [1.807, 2.05) is 6.92 Å². The first kappa shape index (κ1) is 24.8. The van der Waals surface area contributed by atoms with Gasteiger partial charge in [0, 0.05) is 47.0 Å². The van der Waals surface area contributed by atoms with Crippen LogP contribution in [0, 0.1) is 13.8 Å². The number of benzene rings is 1. The van der Waals surface area contributed by atoms with Gasteiger partial charge in [-0.1, -0.05) is 17.4 Å². The molecule has 6 nitrogen and oxygen atoms in total. The lowest BCUT2D eigenvalue weighted by Gasteiger charge is -2.53. The largest absolute Gasteiger partial charge is 0.496 e. The second-order valence-corrected chi connectivity index (χ2v) is 13.2. The third-order valence-electron chi connectivity index (χ3n) is 6.39. The smallest absolute Gasteiger partial charge is 0.208 e. The molecule has 0 spiro atoms. The Labute approximate surface area is 218 Å². The zero-order valence-electron chi connectivity index (χ0n) is 20.6. The molecule has 33 heavy (non-hydrogen) atoms. The van der Waals surface area contributed by atoms with E-state index in [9.17, 15) is 0 Å². The summed E-state index contributed by atoms with van der Waals surface area (Å²) in [4.78, 5) is 8.06. The quantitative estimate of drug-likeness (QED) is 0.239. The molecule has 1 fully saturated rings. The lowest BCUT2D eigenvalue weighted by molar-refractivity contribution is 0.0724. The molecule has 1 aliphatic heterocycles. The molecule has 0 aliphatic carbocycles. The molecule has 0 unspecified atom stereocenters. The Balaban J connectivity index is 1.61. The van der Waals surface area contributed by atoms with Gasteiger partial charge in [-0.05, 0) is 72.1 Å². The predicted molar refractivity (Wildman–Crippen MR) is 148 cm³/mol. The Morgan fingerprint density at radius 2 is 1.76 bits per heavy atom. The van der Waals surface area contributed by atoms with Crippen molar-refractivity contribution < 1.29 is 4.74 Å². The average Bonchev–Trinajstić information content (AvgIpc) is 3.36. The van der Waals surface area contributed by atoms with Crippen LogP contribution in [0.3, 0.4) is 0 Å². The molecule has 1 aliphatic rings. The van der Waals surface area contributed by atoms with Crippen LogP contribution in [0.15, 0.2) is 18.2 Å². The first-order valence-electron chi connectivity index (χ1n) is 11.1. The standard InChI is InChI=1S/C24H32IN5OS2/c1-14-20(32-15(2)26-14)16-9-10-18(19(11-16)31-8)21-27-28-22(33-21)29(7)17-12-23(3,4)30(25)24(5,6)13-17/h9-11,17H,12-13H2,1-8H3. The van der Waals surface area contributed by atoms with Crippen LogP contribution < -0.4 is 9.64 Å². The van der Waals surface area contributed by atoms with Gasteiger partial charge in [-0.25, -0.2) is 8.10 Å². The summed E-state index contributed by atoms with van der Waals surface area (Å²) in [6.45, 7) is 13.4. The number of aromatic nitrogens is 3. The molecule has 0 atom stereocenters. The van der Waals surface area contributed by atoms with Gasteiger partial charge in [0.05, 0.1) is 28.3 Å². The summed E-state index contributed by atoms with van der Waals surface area (Å²) in [5.41, 5.74) is 3.37. The molecule has 178 valence electrons. The maximum absolute atomic E-state index is 5.76. The summed E-state index contributed by atoms with van der Waals surface area (Å²) in [7, 11) is 3.86. The van der Waals surface area contributed by atoms with Crippen molar-refractivity contribution in [2.45, 2.75) is 71.5 Å². The monoisotopic (exact) mass is 597 g/mol. The predicted octanol–water partition coefficient (Wildman–Crippen LogP) is 6.76. The van der Waals surface area contributed by atoms with E-state index >= 15 is 0 Å². The topological polar surface area (TPSA) is 54.4 Å². The molecule has 0 saturated carbocycles. The summed E-state index contributed by atoms with van der Waals surface area (Å²) < 4.78 is 8.24. The molecule has 0 bridgehead atoms. The van der Waals surface area contributed by atoms with Gasteiger partial charge in [-0.3, -0.25) is 0 Å². The Morgan fingerprint density at radius 1 is 1.09 bits per heavy atom. The van der Waals surface area contributed by atoms with Crippen LogP contribution in [0.25, 0.3) is 21.0 Å². The van der Waals surface area contributed by atoms with Crippen molar-refractivity contribution in [3.05, 3.63) is 28.9 Å². The highest BCUT2D eigenvalue weighted by Crippen LogP contribution is 2.44. The average molecular weight is 598 g/mol. The molecule has 3 aromatic rings. The van der Waals surface area contributed by atoms with E-state index in [1.165, 1.54) is 4.88 Å². The Bertz CT molecular complexity index is 1140. The number of hydrogen-bond donors (Lipinski definition) is 0. The van der Waals surface area contributed by atoms with Gasteiger partial charge in [0.1, 0.15) is 5.75 Å². The van der Waals surface area contributed by atoms with Crippen LogP contribution in [-0.4, -0.2) is 49.6 Å². The molecule has 3 heterocycles. The highest BCUT2D eigenvalue weighted by Gasteiger charge is 2.45. The van der Waals surface area contributed by atoms with Gasteiger partial charge in [-0.15, -0.1) is 21.5 Å². The maximum Gasteiger partial charge on any atom is 0.208 e. The van der Waals surface area contributed by atoms with E-state index in [0.717, 1.165) is 50.6 Å². The third kappa shape index (κ3) is 4.78. The van der Waals surface area contributed by atoms with Crippen LogP contribution >= 0.6 is 45.5 Å². The van der Waals surface area contributed by atoms with Crippen LogP contribution in [0.1, 0.15) is 51.2 Å². The number of aryl methyl sites for hydroxylation is 2. The molecule has 9 heteroatoms. The summed E-state index contributed by atoms with van der Waals surface area (Å²) in [6, 6.07) is 6.71. The van der Waals surface area contributed by atoms with Gasteiger partial charge in [0.25, 0.3) is 0 Å². The minimum Gasteiger partial charge on any atom is -0.496 e. The highest BCUT2D eigenvalue weighted by atomic mass is 127. The highest BCUT2D eigenvalue weighted by molar-refractivity contribution is 14.1. The molecule has 0 amide bonds. The number of nitrogens with zero attached hydrogens (tertiary/aromatic N) is 5. The summed E-state index contributed by atoms with van der Waals surface area (Å²) in [6.07, 6.45) is 2.16. The van der Waals surface area contributed by atoms with Gasteiger partial charge in [0.15, 0.2) is 5.01 Å². The Morgan fingerprint density at radius 3 is 2.33 bits per heavy atom. The number of hydrogen-bond acceptors (Lipinski definition) is 8. The molecule has 0 N–H and O–H groups in total. The van der Waals surface area contributed by atoms with Crippen molar-refractivity contribution >= 4 is 50.7 Å². The second kappa shape index (κ2) is 9.05. The van der Waals surface area contributed by atoms with Crippen LogP contribution in [0.2, 0.25) is 0 Å². The first-order valence-corrected chi connectivity index (χ1v) is 13.7. The summed E-state index contributed by atoms with van der Waals surface area (Å²) in [5, 5.41) is 12.0. The second-order valence-electron chi connectivity index (χ2n) is 10.0. The van der Waals surface area contributed by atoms with Crippen molar-refractivity contribution in [2.24, 2.45) is 0 Å². The zero-order valence-corrected chi connectivity index (χ0v) is 24.4. The summed E-state index contributed by atoms with van der Waals surface area (Å²) in [5.74, 6) is 0.809. The molecule has 2 aromatic heterocycles. The van der Waals surface area contributed by atoms with E-state index in [4.69, 9.17) is 4.74 Å². The fourth-order valence-electron chi connectivity index (χ4n) is 4.91. The fourth-order valence-corrected chi connectivity index (χ4v) is 7.13. The van der Waals surface area contributed by atoms with E-state index in [0.29, 0.717) is 6.04 Å². The van der Waals surface area contributed by atoms with Crippen molar-refractivity contribution in [1.29, 1.82) is 0 Å². The minimum atomic E-state index is 0.112. The Hall–Kier alpha value is -1.30. The molecule has 0 radical (unpaired) electrons. The van der Waals surface area contributed by atoms with E-state index in [2.05, 4.69) is 106 Å². The van der Waals surface area contributed by atoms with Crippen molar-refractivity contribution in [1.82, 2.24) is 18.3 Å².